The van der Waals surface area contributed by atoms with Crippen molar-refractivity contribution in [2.75, 3.05) is 19.5 Å². The molecule has 0 fully saturated rings. The molecule has 0 spiro atoms. The number of Topliss-reactive ketones (excluding diaryl/α,β-unsaturated/α-hetero) is 1. The van der Waals surface area contributed by atoms with Crippen LogP contribution in [0.25, 0.3) is 11.3 Å². The molecule has 0 atom stereocenters. The zero-order chi connectivity index (χ0) is 14.0. The molecule has 0 amide bonds. The number of ether oxygens (including phenoxy) is 1. The van der Waals surface area contributed by atoms with E-state index >= 15 is 0 Å². The first-order valence-corrected chi connectivity index (χ1v) is 6.42. The van der Waals surface area contributed by atoms with Crippen LogP contribution in [-0.4, -0.2) is 24.9 Å². The van der Waals surface area contributed by atoms with Crippen LogP contribution in [0.1, 0.15) is 16.6 Å². The zero-order valence-electron chi connectivity index (χ0n) is 10.8. The monoisotopic (exact) mass is 280 g/mol. The summed E-state index contributed by atoms with van der Waals surface area (Å²) in [6, 6.07) is 4.48. The van der Waals surface area contributed by atoms with Gasteiger partial charge in [-0.1, -0.05) is 11.3 Å². The van der Waals surface area contributed by atoms with E-state index in [2.05, 4.69) is 10.3 Å². The molecule has 0 saturated carbocycles. The minimum atomic E-state index is -0.463. The Kier molecular flexibility index (Phi) is 3.80. The van der Waals surface area contributed by atoms with Crippen molar-refractivity contribution in [3.05, 3.63) is 28.9 Å². The molecule has 0 aliphatic carbocycles. The van der Waals surface area contributed by atoms with Gasteiger partial charge in [0, 0.05) is 25.6 Å². The lowest BCUT2D eigenvalue weighted by atomic mass is 10.1. The normalized spacial score (nSPS) is 10.3. The molecule has 0 radical (unpaired) electrons. The number of ketones is 1. The molecule has 1 N–H and O–H groups in total. The van der Waals surface area contributed by atoms with E-state index in [9.17, 15) is 9.18 Å². The van der Waals surface area contributed by atoms with Crippen molar-refractivity contribution >= 4 is 22.3 Å². The average molecular weight is 280 g/mol. The van der Waals surface area contributed by atoms with E-state index in [1.807, 2.05) is 0 Å². The number of nitrogens with one attached hydrogen (secondary N) is 1. The zero-order valence-corrected chi connectivity index (χ0v) is 11.6. The van der Waals surface area contributed by atoms with Gasteiger partial charge in [-0.05, 0) is 12.1 Å². The third kappa shape index (κ3) is 2.58. The summed E-state index contributed by atoms with van der Waals surface area (Å²) in [5, 5.41) is 3.44. The summed E-state index contributed by atoms with van der Waals surface area (Å²) in [5.41, 5.74) is 0.658. The smallest absolute Gasteiger partial charge is 0.183 e. The van der Waals surface area contributed by atoms with Gasteiger partial charge in [-0.3, -0.25) is 4.79 Å². The molecule has 0 unspecified atom stereocenters. The first-order valence-electron chi connectivity index (χ1n) is 5.60. The first-order chi connectivity index (χ1) is 9.06. The van der Waals surface area contributed by atoms with Crippen molar-refractivity contribution in [2.24, 2.45) is 0 Å². The summed E-state index contributed by atoms with van der Waals surface area (Å²) in [5.74, 6) is -0.172. The van der Waals surface area contributed by atoms with Gasteiger partial charge in [-0.2, -0.15) is 0 Å². The van der Waals surface area contributed by atoms with Gasteiger partial charge in [-0.15, -0.1) is 0 Å². The van der Waals surface area contributed by atoms with Gasteiger partial charge in [-0.25, -0.2) is 9.37 Å². The highest BCUT2D eigenvalue weighted by Crippen LogP contribution is 2.33. The quantitative estimate of drug-likeness (QED) is 0.874. The number of nitrogens with zero attached hydrogens (tertiary/aromatic N) is 1. The highest BCUT2D eigenvalue weighted by Gasteiger charge is 2.19. The van der Waals surface area contributed by atoms with Crippen LogP contribution in [0, 0.1) is 5.82 Å². The maximum Gasteiger partial charge on any atom is 0.183 e. The Bertz CT molecular complexity index is 625. The SMILES string of the molecule is CNc1nc(-c2ccc(OC)cc2F)c(C(C)=O)s1. The van der Waals surface area contributed by atoms with E-state index in [0.29, 0.717) is 27.0 Å². The van der Waals surface area contributed by atoms with Gasteiger partial charge in [0.25, 0.3) is 0 Å². The summed E-state index contributed by atoms with van der Waals surface area (Å²) in [7, 11) is 3.17. The highest BCUT2D eigenvalue weighted by atomic mass is 32.1. The Hall–Kier alpha value is -1.95. The van der Waals surface area contributed by atoms with Gasteiger partial charge in [0.2, 0.25) is 0 Å². The Balaban J connectivity index is 2.57. The van der Waals surface area contributed by atoms with Crippen molar-refractivity contribution < 1.29 is 13.9 Å². The molecule has 4 nitrogen and oxygen atoms in total. The third-order valence-corrected chi connectivity index (χ3v) is 3.77. The lowest BCUT2D eigenvalue weighted by Crippen LogP contribution is -1.95. The number of benzene rings is 1. The topological polar surface area (TPSA) is 51.2 Å². The second-order valence-electron chi connectivity index (χ2n) is 3.85. The summed E-state index contributed by atoms with van der Waals surface area (Å²) >= 11 is 1.21. The molecule has 100 valence electrons. The lowest BCUT2D eigenvalue weighted by molar-refractivity contribution is 0.102. The van der Waals surface area contributed by atoms with E-state index in [-0.39, 0.29) is 5.78 Å². The molecule has 0 aliphatic rings. The van der Waals surface area contributed by atoms with Crippen molar-refractivity contribution in [1.82, 2.24) is 4.98 Å². The summed E-state index contributed by atoms with van der Waals surface area (Å²) < 4.78 is 19.0. The molecule has 0 bridgehead atoms. The number of methoxy groups -OCH3 is 1. The maximum atomic E-state index is 14.0. The Morgan fingerprint density at radius 1 is 1.47 bits per heavy atom. The number of hydrogen-bond donors (Lipinski definition) is 1. The molecule has 1 aromatic heterocycles. The number of aromatic nitrogens is 1. The van der Waals surface area contributed by atoms with Crippen LogP contribution >= 0.6 is 11.3 Å². The van der Waals surface area contributed by atoms with E-state index in [4.69, 9.17) is 4.74 Å². The second kappa shape index (κ2) is 5.36. The van der Waals surface area contributed by atoms with Crippen LogP contribution in [0.3, 0.4) is 0 Å². The average Bonchev–Trinajstić information content (AvgIpc) is 2.82. The van der Waals surface area contributed by atoms with E-state index in [1.165, 1.54) is 31.4 Å². The van der Waals surface area contributed by atoms with Crippen LogP contribution in [-0.2, 0) is 0 Å². The molecular formula is C13H13FN2O2S. The Morgan fingerprint density at radius 3 is 2.74 bits per heavy atom. The van der Waals surface area contributed by atoms with E-state index in [1.54, 1.807) is 19.2 Å². The van der Waals surface area contributed by atoms with Crippen molar-refractivity contribution in [1.29, 1.82) is 0 Å². The fourth-order valence-electron chi connectivity index (χ4n) is 1.66. The molecule has 1 aromatic carbocycles. The minimum absolute atomic E-state index is 0.135. The minimum Gasteiger partial charge on any atom is -0.497 e. The Morgan fingerprint density at radius 2 is 2.21 bits per heavy atom. The molecular weight excluding hydrogens is 267 g/mol. The van der Waals surface area contributed by atoms with Crippen LogP contribution in [0.4, 0.5) is 9.52 Å². The maximum absolute atomic E-state index is 14.0. The standard InChI is InChI=1S/C13H13FN2O2S/c1-7(17)12-11(16-13(15-2)19-12)9-5-4-8(18-3)6-10(9)14/h4-6H,1-3H3,(H,15,16). The lowest BCUT2D eigenvalue weighted by Gasteiger charge is -2.04. The predicted molar refractivity (Wildman–Crippen MR) is 73.6 cm³/mol. The molecule has 2 rings (SSSR count). The van der Waals surface area contributed by atoms with Crippen molar-refractivity contribution in [2.45, 2.75) is 6.92 Å². The van der Waals surface area contributed by atoms with Gasteiger partial charge >= 0.3 is 0 Å². The number of anilines is 1. The number of carbonyl (C=O) groups excluding carboxylic acids is 1. The number of hydrogen-bond acceptors (Lipinski definition) is 5. The van der Waals surface area contributed by atoms with Crippen LogP contribution < -0.4 is 10.1 Å². The van der Waals surface area contributed by atoms with Crippen LogP contribution in [0.15, 0.2) is 18.2 Å². The number of thiazole rings is 1. The van der Waals surface area contributed by atoms with Gasteiger partial charge in [0.15, 0.2) is 10.9 Å². The predicted octanol–water partition coefficient (Wildman–Crippen LogP) is 3.20. The van der Waals surface area contributed by atoms with E-state index < -0.39 is 5.82 Å². The molecule has 0 aliphatic heterocycles. The van der Waals surface area contributed by atoms with Crippen LogP contribution in [0.2, 0.25) is 0 Å². The van der Waals surface area contributed by atoms with E-state index in [0.717, 1.165) is 0 Å². The number of carbonyl (C=O) groups is 1. The second-order valence-corrected chi connectivity index (χ2v) is 4.85. The largest absolute Gasteiger partial charge is 0.497 e. The molecule has 19 heavy (non-hydrogen) atoms. The van der Waals surface area contributed by atoms with Gasteiger partial charge < -0.3 is 10.1 Å². The third-order valence-electron chi connectivity index (χ3n) is 2.59. The van der Waals surface area contributed by atoms with Gasteiger partial charge in [0.05, 0.1) is 17.7 Å². The van der Waals surface area contributed by atoms with Crippen molar-refractivity contribution in [3.63, 3.8) is 0 Å². The number of halogens is 1. The molecule has 0 saturated heterocycles. The molecule has 1 heterocycles. The molecule has 6 heteroatoms. The fraction of sp³-hybridized carbons (Fsp3) is 0.231. The summed E-state index contributed by atoms with van der Waals surface area (Å²) in [6.45, 7) is 1.44. The van der Waals surface area contributed by atoms with Crippen molar-refractivity contribution in [3.8, 4) is 17.0 Å². The first kappa shape index (κ1) is 13.5. The Labute approximate surface area is 114 Å². The summed E-state index contributed by atoms with van der Waals surface area (Å²) in [4.78, 5) is 16.3. The van der Waals surface area contributed by atoms with Gasteiger partial charge in [0.1, 0.15) is 11.6 Å². The molecule has 2 aromatic rings. The number of rotatable bonds is 4. The summed E-state index contributed by atoms with van der Waals surface area (Å²) in [6.07, 6.45) is 0. The fourth-order valence-corrected chi connectivity index (χ4v) is 2.49. The van der Waals surface area contributed by atoms with Crippen LogP contribution in [0.5, 0.6) is 5.75 Å². The highest BCUT2D eigenvalue weighted by molar-refractivity contribution is 7.18.